The standard InChI is InChI=1S/C23H18N2O2S/c1-27-20-14-12-18(13-15-20)24-23-25(19-10-6-3-7-11-19)22(26)21(28-23)16-17-8-4-2-5-9-17/h2-16H,1H3. The van der Waals surface area contributed by atoms with E-state index >= 15 is 0 Å². The number of carbonyl (C=O) groups is 1. The van der Waals surface area contributed by atoms with E-state index in [0.29, 0.717) is 10.1 Å². The van der Waals surface area contributed by atoms with Crippen molar-refractivity contribution in [1.82, 2.24) is 0 Å². The van der Waals surface area contributed by atoms with Crippen molar-refractivity contribution in [2.75, 3.05) is 12.0 Å². The highest BCUT2D eigenvalue weighted by Crippen LogP contribution is 2.37. The highest BCUT2D eigenvalue weighted by Gasteiger charge is 2.34. The molecule has 3 aromatic carbocycles. The summed E-state index contributed by atoms with van der Waals surface area (Å²) in [5, 5.41) is 0.628. The maximum absolute atomic E-state index is 13.1. The van der Waals surface area contributed by atoms with Crippen LogP contribution in [0.15, 0.2) is 94.8 Å². The van der Waals surface area contributed by atoms with Crippen molar-refractivity contribution in [2.45, 2.75) is 0 Å². The zero-order valence-electron chi connectivity index (χ0n) is 15.3. The molecule has 0 bridgehead atoms. The summed E-state index contributed by atoms with van der Waals surface area (Å²) < 4.78 is 5.20. The Labute approximate surface area is 168 Å². The van der Waals surface area contributed by atoms with Crippen LogP contribution >= 0.6 is 11.8 Å². The molecule has 1 saturated heterocycles. The quantitative estimate of drug-likeness (QED) is 0.556. The summed E-state index contributed by atoms with van der Waals surface area (Å²) in [6.45, 7) is 0. The Morgan fingerprint density at radius 1 is 0.893 bits per heavy atom. The molecule has 1 amide bonds. The number of anilines is 1. The van der Waals surface area contributed by atoms with Crippen molar-refractivity contribution < 1.29 is 9.53 Å². The van der Waals surface area contributed by atoms with Gasteiger partial charge in [0, 0.05) is 0 Å². The highest BCUT2D eigenvalue weighted by atomic mass is 32.2. The Morgan fingerprint density at radius 2 is 1.54 bits per heavy atom. The molecular formula is C23H18N2O2S. The lowest BCUT2D eigenvalue weighted by atomic mass is 10.2. The first kappa shape index (κ1) is 18.1. The number of benzene rings is 3. The zero-order chi connectivity index (χ0) is 19.3. The third kappa shape index (κ3) is 3.85. The normalized spacial score (nSPS) is 16.8. The summed E-state index contributed by atoms with van der Waals surface area (Å²) in [7, 11) is 1.63. The number of hydrogen-bond acceptors (Lipinski definition) is 4. The minimum atomic E-state index is -0.0766. The lowest BCUT2D eigenvalue weighted by molar-refractivity contribution is -0.113. The number of para-hydroxylation sites is 1. The predicted molar refractivity (Wildman–Crippen MR) is 116 cm³/mol. The lowest BCUT2D eigenvalue weighted by Gasteiger charge is -2.15. The van der Waals surface area contributed by atoms with E-state index in [0.717, 1.165) is 22.7 Å². The molecule has 0 radical (unpaired) electrons. The number of carbonyl (C=O) groups excluding carboxylic acids is 1. The number of thioether (sulfide) groups is 1. The Morgan fingerprint density at radius 3 is 2.18 bits per heavy atom. The summed E-state index contributed by atoms with van der Waals surface area (Å²) in [6.07, 6.45) is 1.90. The van der Waals surface area contributed by atoms with E-state index in [1.165, 1.54) is 11.8 Å². The Kier molecular flexibility index (Phi) is 5.26. The minimum absolute atomic E-state index is 0.0766. The summed E-state index contributed by atoms with van der Waals surface area (Å²) in [4.78, 5) is 20.2. The van der Waals surface area contributed by atoms with Gasteiger partial charge in [0.15, 0.2) is 5.17 Å². The average molecular weight is 386 g/mol. The SMILES string of the molecule is COc1ccc(N=C2SC(=Cc3ccccc3)C(=O)N2c2ccccc2)cc1. The van der Waals surface area contributed by atoms with Crippen LogP contribution in [0.4, 0.5) is 11.4 Å². The number of amides is 1. The monoisotopic (exact) mass is 386 g/mol. The largest absolute Gasteiger partial charge is 0.497 e. The number of aliphatic imine (C=N–C) groups is 1. The van der Waals surface area contributed by atoms with E-state index in [1.807, 2.05) is 91.0 Å². The second kappa shape index (κ2) is 8.15. The fraction of sp³-hybridized carbons (Fsp3) is 0.0435. The summed E-state index contributed by atoms with van der Waals surface area (Å²) in [5.74, 6) is 0.691. The third-order valence-corrected chi connectivity index (χ3v) is 5.18. The van der Waals surface area contributed by atoms with Gasteiger partial charge in [0.05, 0.1) is 23.4 Å². The van der Waals surface area contributed by atoms with Crippen molar-refractivity contribution in [3.8, 4) is 5.75 Å². The third-order valence-electron chi connectivity index (χ3n) is 4.22. The number of nitrogens with zero attached hydrogens (tertiary/aromatic N) is 2. The Balaban J connectivity index is 1.74. The Bertz CT molecular complexity index is 1030. The van der Waals surface area contributed by atoms with Gasteiger partial charge in [-0.05, 0) is 59.8 Å². The molecule has 1 heterocycles. The number of amidine groups is 1. The second-order valence-electron chi connectivity index (χ2n) is 6.09. The maximum atomic E-state index is 13.1. The number of rotatable bonds is 4. The number of ether oxygens (including phenoxy) is 1. The minimum Gasteiger partial charge on any atom is -0.497 e. The van der Waals surface area contributed by atoms with Crippen molar-refractivity contribution in [2.24, 2.45) is 4.99 Å². The smallest absolute Gasteiger partial charge is 0.271 e. The highest BCUT2D eigenvalue weighted by molar-refractivity contribution is 8.19. The van der Waals surface area contributed by atoms with Crippen LogP contribution in [0.2, 0.25) is 0 Å². The van der Waals surface area contributed by atoms with Crippen LogP contribution in [0.25, 0.3) is 6.08 Å². The van der Waals surface area contributed by atoms with E-state index in [4.69, 9.17) is 9.73 Å². The van der Waals surface area contributed by atoms with Gasteiger partial charge in [0.2, 0.25) is 0 Å². The molecule has 0 aromatic heterocycles. The molecule has 28 heavy (non-hydrogen) atoms. The van der Waals surface area contributed by atoms with Gasteiger partial charge in [-0.2, -0.15) is 0 Å². The van der Waals surface area contributed by atoms with E-state index in [2.05, 4.69) is 0 Å². The molecule has 138 valence electrons. The molecule has 3 aromatic rings. The zero-order valence-corrected chi connectivity index (χ0v) is 16.1. The molecule has 0 spiro atoms. The fourth-order valence-electron chi connectivity index (χ4n) is 2.82. The van der Waals surface area contributed by atoms with Gasteiger partial charge in [0.25, 0.3) is 5.91 Å². The predicted octanol–water partition coefficient (Wildman–Crippen LogP) is 5.50. The van der Waals surface area contributed by atoms with E-state index < -0.39 is 0 Å². The fourth-order valence-corrected chi connectivity index (χ4v) is 3.82. The van der Waals surface area contributed by atoms with Crippen molar-refractivity contribution in [3.63, 3.8) is 0 Å². The van der Waals surface area contributed by atoms with E-state index in [9.17, 15) is 4.79 Å². The van der Waals surface area contributed by atoms with E-state index in [1.54, 1.807) is 12.0 Å². The van der Waals surface area contributed by atoms with Gasteiger partial charge in [-0.3, -0.25) is 9.69 Å². The molecular weight excluding hydrogens is 368 g/mol. The molecule has 1 aliphatic heterocycles. The van der Waals surface area contributed by atoms with Gasteiger partial charge in [-0.25, -0.2) is 4.99 Å². The molecule has 1 fully saturated rings. The van der Waals surface area contributed by atoms with Gasteiger partial charge in [-0.15, -0.1) is 0 Å². The number of methoxy groups -OCH3 is 1. The molecule has 4 nitrogen and oxygen atoms in total. The first-order chi connectivity index (χ1) is 13.7. The van der Waals surface area contributed by atoms with Crippen LogP contribution in [0, 0.1) is 0 Å². The molecule has 0 saturated carbocycles. The van der Waals surface area contributed by atoms with Crippen molar-refractivity contribution in [3.05, 3.63) is 95.4 Å². The molecule has 1 aliphatic rings. The van der Waals surface area contributed by atoms with Gasteiger partial charge >= 0.3 is 0 Å². The van der Waals surface area contributed by atoms with Crippen LogP contribution in [0.3, 0.4) is 0 Å². The van der Waals surface area contributed by atoms with Gasteiger partial charge < -0.3 is 4.74 Å². The van der Waals surface area contributed by atoms with Gasteiger partial charge in [-0.1, -0.05) is 48.5 Å². The van der Waals surface area contributed by atoms with Crippen LogP contribution in [-0.2, 0) is 4.79 Å². The van der Waals surface area contributed by atoms with Crippen LogP contribution < -0.4 is 9.64 Å². The first-order valence-electron chi connectivity index (χ1n) is 8.81. The summed E-state index contributed by atoms with van der Waals surface area (Å²) in [6, 6.07) is 26.9. The second-order valence-corrected chi connectivity index (χ2v) is 7.10. The first-order valence-corrected chi connectivity index (χ1v) is 9.63. The summed E-state index contributed by atoms with van der Waals surface area (Å²) >= 11 is 1.38. The average Bonchev–Trinajstić information content (AvgIpc) is 3.04. The van der Waals surface area contributed by atoms with E-state index in [-0.39, 0.29) is 5.91 Å². The van der Waals surface area contributed by atoms with Crippen LogP contribution in [-0.4, -0.2) is 18.2 Å². The molecule has 4 rings (SSSR count). The molecule has 0 unspecified atom stereocenters. The van der Waals surface area contributed by atoms with Crippen molar-refractivity contribution >= 4 is 40.3 Å². The van der Waals surface area contributed by atoms with Crippen molar-refractivity contribution in [1.29, 1.82) is 0 Å². The topological polar surface area (TPSA) is 41.9 Å². The molecule has 5 heteroatoms. The van der Waals surface area contributed by atoms with Gasteiger partial charge in [0.1, 0.15) is 5.75 Å². The molecule has 0 N–H and O–H groups in total. The molecule has 0 atom stereocenters. The Hall–Kier alpha value is -3.31. The number of hydrogen-bond donors (Lipinski definition) is 0. The maximum Gasteiger partial charge on any atom is 0.271 e. The molecule has 0 aliphatic carbocycles. The lowest BCUT2D eigenvalue weighted by Crippen LogP contribution is -2.28. The summed E-state index contributed by atoms with van der Waals surface area (Å²) in [5.41, 5.74) is 2.54. The van der Waals surface area contributed by atoms with Crippen LogP contribution in [0.5, 0.6) is 5.75 Å². The van der Waals surface area contributed by atoms with Crippen LogP contribution in [0.1, 0.15) is 5.56 Å².